The van der Waals surface area contributed by atoms with E-state index < -0.39 is 0 Å². The Bertz CT molecular complexity index is 1260. The number of piperazine rings is 1. The van der Waals surface area contributed by atoms with Gasteiger partial charge in [-0.25, -0.2) is 19.4 Å². The Kier molecular flexibility index (Phi) is 7.07. The van der Waals surface area contributed by atoms with Gasteiger partial charge in [0.25, 0.3) is 5.95 Å². The largest absolute Gasteiger partial charge is 0.339 e. The molecule has 3 heterocycles. The highest BCUT2D eigenvalue weighted by Gasteiger charge is 2.26. The fraction of sp³-hybridized carbons (Fsp3) is 0.400. The first kappa shape index (κ1) is 24.7. The molecule has 0 bridgehead atoms. The highest BCUT2D eigenvalue weighted by molar-refractivity contribution is 6.31. The van der Waals surface area contributed by atoms with Gasteiger partial charge in [0.05, 0.1) is 12.1 Å². The summed E-state index contributed by atoms with van der Waals surface area (Å²) in [5.41, 5.74) is 5.86. The number of carbonyl (C=O) groups is 2. The van der Waals surface area contributed by atoms with Crippen LogP contribution in [-0.2, 0) is 11.2 Å². The van der Waals surface area contributed by atoms with E-state index in [-0.39, 0.29) is 18.4 Å². The molecule has 1 aromatic carbocycles. The third kappa shape index (κ3) is 5.45. The second-order valence-electron chi connectivity index (χ2n) is 8.95. The van der Waals surface area contributed by atoms with E-state index in [0.29, 0.717) is 42.8 Å². The number of anilines is 1. The molecule has 1 N–H and O–H groups in total. The molecule has 3 aromatic rings. The van der Waals surface area contributed by atoms with Gasteiger partial charge in [0.2, 0.25) is 5.91 Å². The smallest absolute Gasteiger partial charge is 0.321 e. The molecule has 0 saturated carbocycles. The zero-order valence-corrected chi connectivity index (χ0v) is 21.5. The maximum absolute atomic E-state index is 13.1. The summed E-state index contributed by atoms with van der Waals surface area (Å²) in [7, 11) is 0. The van der Waals surface area contributed by atoms with E-state index in [1.807, 2.05) is 52.8 Å². The first-order valence-corrected chi connectivity index (χ1v) is 12.0. The Morgan fingerprint density at radius 1 is 0.943 bits per heavy atom. The third-order valence-electron chi connectivity index (χ3n) is 6.27. The van der Waals surface area contributed by atoms with E-state index in [0.717, 1.165) is 33.9 Å². The van der Waals surface area contributed by atoms with Gasteiger partial charge in [-0.1, -0.05) is 17.7 Å². The summed E-state index contributed by atoms with van der Waals surface area (Å²) in [6, 6.07) is 7.15. The maximum atomic E-state index is 13.1. The van der Waals surface area contributed by atoms with Crippen molar-refractivity contribution in [3.63, 3.8) is 0 Å². The van der Waals surface area contributed by atoms with Crippen LogP contribution in [0.4, 0.5) is 10.5 Å². The van der Waals surface area contributed by atoms with Crippen LogP contribution >= 0.6 is 11.6 Å². The van der Waals surface area contributed by atoms with E-state index >= 15 is 0 Å². The lowest BCUT2D eigenvalue weighted by molar-refractivity contribution is -0.131. The fourth-order valence-electron chi connectivity index (χ4n) is 4.22. The maximum Gasteiger partial charge on any atom is 0.321 e. The molecule has 0 unspecified atom stereocenters. The average molecular weight is 496 g/mol. The van der Waals surface area contributed by atoms with Crippen molar-refractivity contribution in [2.75, 3.05) is 31.5 Å². The van der Waals surface area contributed by atoms with Crippen molar-refractivity contribution in [1.29, 1.82) is 0 Å². The Balaban J connectivity index is 1.37. The molecule has 4 rings (SSSR count). The topological polar surface area (TPSA) is 96.3 Å². The van der Waals surface area contributed by atoms with Gasteiger partial charge in [-0.05, 0) is 58.4 Å². The van der Waals surface area contributed by atoms with Gasteiger partial charge < -0.3 is 15.1 Å². The van der Waals surface area contributed by atoms with Crippen molar-refractivity contribution < 1.29 is 9.59 Å². The number of hydrogen-bond acceptors (Lipinski definition) is 5. The van der Waals surface area contributed by atoms with Crippen LogP contribution < -0.4 is 5.32 Å². The zero-order valence-electron chi connectivity index (χ0n) is 20.7. The van der Waals surface area contributed by atoms with E-state index in [4.69, 9.17) is 11.6 Å². The number of aromatic nitrogens is 4. The van der Waals surface area contributed by atoms with E-state index in [2.05, 4.69) is 20.4 Å². The van der Waals surface area contributed by atoms with Gasteiger partial charge in [-0.15, -0.1) is 0 Å². The Morgan fingerprint density at radius 3 is 2.20 bits per heavy atom. The van der Waals surface area contributed by atoms with Crippen molar-refractivity contribution in [3.05, 3.63) is 63.2 Å². The molecule has 1 aliphatic heterocycles. The molecule has 0 spiro atoms. The first-order valence-electron chi connectivity index (χ1n) is 11.6. The van der Waals surface area contributed by atoms with Gasteiger partial charge in [0.15, 0.2) is 0 Å². The minimum atomic E-state index is -0.196. The average Bonchev–Trinajstić information content (AvgIpc) is 3.09. The Labute approximate surface area is 210 Å². The van der Waals surface area contributed by atoms with Crippen LogP contribution in [0.1, 0.15) is 33.9 Å². The summed E-state index contributed by atoms with van der Waals surface area (Å²) < 4.78 is 1.71. The first-order chi connectivity index (χ1) is 16.6. The minimum absolute atomic E-state index is 0.0162. The summed E-state index contributed by atoms with van der Waals surface area (Å²) >= 11 is 6.15. The quantitative estimate of drug-likeness (QED) is 0.594. The van der Waals surface area contributed by atoms with Crippen molar-refractivity contribution in [2.24, 2.45) is 0 Å². The minimum Gasteiger partial charge on any atom is -0.339 e. The number of benzene rings is 1. The number of hydrogen-bond donors (Lipinski definition) is 1. The SMILES string of the molecule is Cc1cc(C)nc(-n2nc(C)c(CC(=O)N3CCN(C(=O)Nc4ccc(C)c(Cl)c4)CC3)c2C)n1. The van der Waals surface area contributed by atoms with Crippen LogP contribution in [0.3, 0.4) is 0 Å². The van der Waals surface area contributed by atoms with Crippen molar-refractivity contribution in [1.82, 2.24) is 29.5 Å². The van der Waals surface area contributed by atoms with Gasteiger partial charge in [-0.2, -0.15) is 5.10 Å². The molecule has 0 aliphatic carbocycles. The molecule has 35 heavy (non-hydrogen) atoms. The van der Waals surface area contributed by atoms with Crippen molar-refractivity contribution >= 4 is 29.2 Å². The number of carbonyl (C=O) groups excluding carboxylic acids is 2. The molecule has 3 amide bonds. The summed E-state index contributed by atoms with van der Waals surface area (Å²) in [5.74, 6) is 0.527. The van der Waals surface area contributed by atoms with Crippen LogP contribution in [-0.4, -0.2) is 67.7 Å². The lowest BCUT2D eigenvalue weighted by Crippen LogP contribution is -2.52. The summed E-state index contributed by atoms with van der Waals surface area (Å²) in [6.45, 7) is 11.5. The highest BCUT2D eigenvalue weighted by Crippen LogP contribution is 2.21. The third-order valence-corrected chi connectivity index (χ3v) is 6.68. The number of rotatable bonds is 4. The Morgan fingerprint density at radius 2 is 1.57 bits per heavy atom. The molecule has 1 saturated heterocycles. The van der Waals surface area contributed by atoms with Crippen LogP contribution in [0.2, 0.25) is 5.02 Å². The Hall–Kier alpha value is -3.46. The van der Waals surface area contributed by atoms with Gasteiger partial charge in [0, 0.05) is 59.5 Å². The van der Waals surface area contributed by atoms with Crippen LogP contribution in [0.5, 0.6) is 0 Å². The van der Waals surface area contributed by atoms with Gasteiger partial charge in [0.1, 0.15) is 0 Å². The summed E-state index contributed by atoms with van der Waals surface area (Å²) in [6.07, 6.45) is 0.247. The van der Waals surface area contributed by atoms with E-state index in [9.17, 15) is 9.59 Å². The van der Waals surface area contributed by atoms with Crippen molar-refractivity contribution in [3.8, 4) is 5.95 Å². The van der Waals surface area contributed by atoms with Gasteiger partial charge >= 0.3 is 6.03 Å². The van der Waals surface area contributed by atoms with E-state index in [1.165, 1.54) is 0 Å². The lowest BCUT2D eigenvalue weighted by Gasteiger charge is -2.34. The summed E-state index contributed by atoms with van der Waals surface area (Å²) in [5, 5.41) is 8.09. The number of halogens is 1. The predicted molar refractivity (Wildman–Crippen MR) is 135 cm³/mol. The van der Waals surface area contributed by atoms with E-state index in [1.54, 1.807) is 20.5 Å². The molecule has 2 aromatic heterocycles. The number of nitrogens with one attached hydrogen (secondary N) is 1. The fourth-order valence-corrected chi connectivity index (χ4v) is 4.40. The van der Waals surface area contributed by atoms with Gasteiger partial charge in [-0.3, -0.25) is 4.79 Å². The second kappa shape index (κ2) is 10.0. The molecular weight excluding hydrogens is 466 g/mol. The molecule has 1 fully saturated rings. The molecule has 9 nitrogen and oxygen atoms in total. The molecule has 0 radical (unpaired) electrons. The standard InChI is InChI=1S/C25H30ClN7O2/c1-15-6-7-20(13-22(15)26)29-25(35)32-10-8-31(9-11-32)23(34)14-21-18(4)30-33(19(21)5)24-27-16(2)12-17(3)28-24/h6-7,12-13H,8-11,14H2,1-5H3,(H,29,35). The number of urea groups is 1. The normalized spacial score (nSPS) is 13.8. The van der Waals surface area contributed by atoms with Crippen LogP contribution in [0.25, 0.3) is 5.95 Å². The number of aryl methyl sites for hydroxylation is 4. The second-order valence-corrected chi connectivity index (χ2v) is 9.36. The van der Waals surface area contributed by atoms with Crippen LogP contribution in [0, 0.1) is 34.6 Å². The lowest BCUT2D eigenvalue weighted by atomic mass is 10.1. The molecule has 184 valence electrons. The molecule has 10 heteroatoms. The number of nitrogens with zero attached hydrogens (tertiary/aromatic N) is 6. The number of amides is 3. The molecular formula is C25H30ClN7O2. The van der Waals surface area contributed by atoms with Crippen LogP contribution in [0.15, 0.2) is 24.3 Å². The van der Waals surface area contributed by atoms with Crippen molar-refractivity contribution in [2.45, 2.75) is 41.0 Å². The summed E-state index contributed by atoms with van der Waals surface area (Å²) in [4.78, 5) is 38.2. The highest BCUT2D eigenvalue weighted by atomic mass is 35.5. The monoisotopic (exact) mass is 495 g/mol. The molecule has 0 atom stereocenters. The predicted octanol–water partition coefficient (Wildman–Crippen LogP) is 3.78. The molecule has 1 aliphatic rings. The zero-order chi connectivity index (χ0) is 25.3.